The molecule has 0 spiro atoms. The van der Waals surface area contributed by atoms with Crippen LogP contribution in [0.5, 0.6) is 0 Å². The summed E-state index contributed by atoms with van der Waals surface area (Å²) in [5.41, 5.74) is 3.58. The van der Waals surface area contributed by atoms with Gasteiger partial charge < -0.3 is 14.6 Å². The monoisotopic (exact) mass is 803 g/mol. The van der Waals surface area contributed by atoms with E-state index in [4.69, 9.17) is 0 Å². The van der Waals surface area contributed by atoms with E-state index < -0.39 is 23.3 Å². The molecular weight excluding hydrogens is 762 g/mol. The average Bonchev–Trinajstić information content (AvgIpc) is 3.65. The first-order valence-corrected chi connectivity index (χ1v) is 24.5. The maximum absolute atomic E-state index is 10.4. The van der Waals surface area contributed by atoms with E-state index in [1.807, 2.05) is 18.2 Å². The van der Waals surface area contributed by atoms with Gasteiger partial charge in [-0.15, -0.1) is 0 Å². The van der Waals surface area contributed by atoms with E-state index in [9.17, 15) is 10.0 Å². The van der Waals surface area contributed by atoms with Crippen molar-refractivity contribution in [2.45, 2.75) is 0 Å². The molecule has 60 heavy (non-hydrogen) atoms. The Morgan fingerprint density at radius 3 is 1.08 bits per heavy atom. The quantitative estimate of drug-likeness (QED) is 0.147. The van der Waals surface area contributed by atoms with Crippen molar-refractivity contribution in [2.24, 2.45) is 0 Å². The molecule has 0 bridgehead atoms. The number of hydrogen-bond donors (Lipinski definition) is 2. The maximum atomic E-state index is 10.4. The highest BCUT2D eigenvalue weighted by molar-refractivity contribution is 7.20. The van der Waals surface area contributed by atoms with Gasteiger partial charge in [0.2, 0.25) is 0 Å². The molecule has 0 aliphatic rings. The lowest BCUT2D eigenvalue weighted by atomic mass is 9.80. The first kappa shape index (κ1) is 37.5. The second kappa shape index (κ2) is 15.8. The van der Waals surface area contributed by atoms with Gasteiger partial charge >= 0.3 is 7.12 Å². The van der Waals surface area contributed by atoms with Crippen molar-refractivity contribution >= 4 is 92.0 Å². The number of fused-ring (bicyclic) bond motifs is 3. The number of aromatic nitrogens is 1. The van der Waals surface area contributed by atoms with Gasteiger partial charge in [-0.05, 0) is 71.2 Å². The number of benzene rings is 9. The zero-order valence-corrected chi connectivity index (χ0v) is 35.0. The van der Waals surface area contributed by atoms with Gasteiger partial charge in [-0.3, -0.25) is 0 Å². The van der Waals surface area contributed by atoms with Crippen molar-refractivity contribution < 1.29 is 10.0 Å². The Labute approximate surface area is 353 Å². The summed E-state index contributed by atoms with van der Waals surface area (Å²) in [7, 11) is -7.31. The van der Waals surface area contributed by atoms with Crippen molar-refractivity contribution in [3.05, 3.63) is 243 Å². The molecule has 9 aromatic carbocycles. The van der Waals surface area contributed by atoms with Gasteiger partial charge in [0, 0.05) is 16.5 Å². The van der Waals surface area contributed by atoms with Gasteiger partial charge in [0.05, 0.1) is 11.0 Å². The molecule has 0 radical (unpaired) electrons. The van der Waals surface area contributed by atoms with Gasteiger partial charge in [0.15, 0.2) is 16.1 Å². The minimum atomic E-state index is -2.88. The Morgan fingerprint density at radius 2 is 0.683 bits per heavy atom. The fourth-order valence-corrected chi connectivity index (χ4v) is 19.3. The van der Waals surface area contributed by atoms with E-state index in [-0.39, 0.29) is 0 Å². The molecular formula is C54H42BNO2Si2. The Morgan fingerprint density at radius 1 is 0.300 bits per heavy atom. The van der Waals surface area contributed by atoms with Crippen LogP contribution in [0.15, 0.2) is 243 Å². The summed E-state index contributed by atoms with van der Waals surface area (Å²) >= 11 is 0. The van der Waals surface area contributed by atoms with Crippen LogP contribution in [-0.4, -0.2) is 37.9 Å². The van der Waals surface area contributed by atoms with Crippen LogP contribution < -0.4 is 47.0 Å². The van der Waals surface area contributed by atoms with Gasteiger partial charge in [-0.2, -0.15) is 0 Å². The van der Waals surface area contributed by atoms with E-state index in [1.165, 1.54) is 41.5 Å². The molecule has 0 amide bonds. The zero-order chi connectivity index (χ0) is 40.5. The molecule has 10 aromatic rings. The molecule has 10 rings (SSSR count). The Bertz CT molecular complexity index is 2860. The maximum Gasteiger partial charge on any atom is 0.488 e. The summed E-state index contributed by atoms with van der Waals surface area (Å²) in [4.78, 5) is 0. The topological polar surface area (TPSA) is 45.4 Å². The molecule has 0 fully saturated rings. The van der Waals surface area contributed by atoms with E-state index in [0.29, 0.717) is 5.46 Å². The molecule has 286 valence electrons. The third-order valence-electron chi connectivity index (χ3n) is 12.3. The average molecular weight is 804 g/mol. The van der Waals surface area contributed by atoms with Crippen LogP contribution in [0.2, 0.25) is 0 Å². The van der Waals surface area contributed by atoms with E-state index in [2.05, 4.69) is 229 Å². The van der Waals surface area contributed by atoms with Crippen molar-refractivity contribution in [1.29, 1.82) is 0 Å². The molecule has 0 saturated heterocycles. The van der Waals surface area contributed by atoms with Crippen molar-refractivity contribution in [1.82, 2.24) is 4.57 Å². The molecule has 0 unspecified atom stereocenters. The number of rotatable bonds is 10. The van der Waals surface area contributed by atoms with Crippen LogP contribution in [0.1, 0.15) is 0 Å². The van der Waals surface area contributed by atoms with Crippen LogP contribution in [-0.2, 0) is 0 Å². The molecule has 0 aliphatic heterocycles. The molecule has 2 N–H and O–H groups in total. The Hall–Kier alpha value is -6.80. The fourth-order valence-electron chi connectivity index (χ4n) is 9.72. The van der Waals surface area contributed by atoms with Crippen LogP contribution in [0.4, 0.5) is 0 Å². The second-order valence-corrected chi connectivity index (χ2v) is 23.1. The SMILES string of the molecule is OB(O)c1ccc2c(c1)c1ccc([Si](c3ccccc3)(c3ccccc3)c3ccccc3)cc1n2-c1cccc([Si](c2ccccc2)(c2ccccc2)c2ccccc2)c1. The first-order valence-electron chi connectivity index (χ1n) is 20.5. The summed E-state index contributed by atoms with van der Waals surface area (Å²) in [6.45, 7) is 0. The summed E-state index contributed by atoms with van der Waals surface area (Å²) in [5, 5.41) is 33.3. The number of nitrogens with zero attached hydrogens (tertiary/aromatic N) is 1. The summed E-state index contributed by atoms with van der Waals surface area (Å²) < 4.78 is 2.39. The minimum Gasteiger partial charge on any atom is -0.423 e. The standard InChI is InChI=1S/C54H42BNO2Si2/c57-55(58)41-34-37-53-52(38-41)51-36-35-50(60(46-27-13-4-14-28-46,47-29-15-5-16-30-47)48-31-17-6-18-32-48)40-54(51)56(53)42-20-19-33-49(39-42)59(43-21-7-1-8-22-43,44-23-9-2-10-24-44)45-25-11-3-12-26-45/h1-40,57-58H. The van der Waals surface area contributed by atoms with Crippen molar-refractivity contribution in [3.63, 3.8) is 0 Å². The lowest BCUT2D eigenvalue weighted by Crippen LogP contribution is -2.74. The third-order valence-corrected chi connectivity index (χ3v) is 21.8. The van der Waals surface area contributed by atoms with E-state index in [1.54, 1.807) is 0 Å². The Kier molecular flexibility index (Phi) is 9.84. The van der Waals surface area contributed by atoms with Crippen LogP contribution in [0.25, 0.3) is 27.5 Å². The Balaban J connectivity index is 1.30. The van der Waals surface area contributed by atoms with Crippen molar-refractivity contribution in [3.8, 4) is 5.69 Å². The van der Waals surface area contributed by atoms with Crippen LogP contribution in [0.3, 0.4) is 0 Å². The van der Waals surface area contributed by atoms with E-state index in [0.717, 1.165) is 27.5 Å². The van der Waals surface area contributed by atoms with Crippen molar-refractivity contribution in [2.75, 3.05) is 0 Å². The predicted molar refractivity (Wildman–Crippen MR) is 258 cm³/mol. The predicted octanol–water partition coefficient (Wildman–Crippen LogP) is 5.22. The lowest BCUT2D eigenvalue weighted by molar-refractivity contribution is 0.426. The fraction of sp³-hybridized carbons (Fsp3) is 0. The van der Waals surface area contributed by atoms with Gasteiger partial charge in [0.25, 0.3) is 0 Å². The lowest BCUT2D eigenvalue weighted by Gasteiger charge is -2.35. The van der Waals surface area contributed by atoms with Gasteiger partial charge in [0.1, 0.15) is 0 Å². The molecule has 0 atom stereocenters. The zero-order valence-electron chi connectivity index (χ0n) is 33.0. The highest BCUT2D eigenvalue weighted by Crippen LogP contribution is 2.32. The van der Waals surface area contributed by atoms with Gasteiger partial charge in [-0.25, -0.2) is 0 Å². The van der Waals surface area contributed by atoms with Crippen LogP contribution >= 0.6 is 0 Å². The minimum absolute atomic E-state index is 0.463. The molecule has 0 saturated carbocycles. The van der Waals surface area contributed by atoms with Gasteiger partial charge in [-0.1, -0.05) is 218 Å². The van der Waals surface area contributed by atoms with E-state index >= 15 is 0 Å². The summed E-state index contributed by atoms with van der Waals surface area (Å²) in [5.74, 6) is 0. The largest absolute Gasteiger partial charge is 0.488 e. The first-order chi connectivity index (χ1) is 29.6. The second-order valence-electron chi connectivity index (χ2n) is 15.5. The third kappa shape index (κ3) is 6.12. The normalized spacial score (nSPS) is 11.8. The molecule has 3 nitrogen and oxygen atoms in total. The molecule has 6 heteroatoms. The summed E-state index contributed by atoms with van der Waals surface area (Å²) in [6.07, 6.45) is 0. The smallest absolute Gasteiger partial charge is 0.423 e. The number of hydrogen-bond acceptors (Lipinski definition) is 2. The molecule has 1 heterocycles. The van der Waals surface area contributed by atoms with Crippen LogP contribution in [0, 0.1) is 0 Å². The highest BCUT2D eigenvalue weighted by Gasteiger charge is 2.43. The molecule has 0 aliphatic carbocycles. The highest BCUT2D eigenvalue weighted by atomic mass is 28.3. The summed E-state index contributed by atoms with van der Waals surface area (Å²) in [6, 6.07) is 88.1. The molecule has 1 aromatic heterocycles.